The Labute approximate surface area is 130 Å². The summed E-state index contributed by atoms with van der Waals surface area (Å²) in [7, 11) is 0. The monoisotopic (exact) mass is 305 g/mol. The maximum Gasteiger partial charge on any atom is 0.224 e. The van der Waals surface area contributed by atoms with Crippen LogP contribution >= 0.6 is 11.8 Å². The number of amides is 1. The summed E-state index contributed by atoms with van der Waals surface area (Å²) in [4.78, 5) is 16.4. The Balaban J connectivity index is 2.14. The molecule has 0 fully saturated rings. The van der Waals surface area contributed by atoms with Crippen molar-refractivity contribution >= 4 is 28.5 Å². The van der Waals surface area contributed by atoms with E-state index in [4.69, 9.17) is 5.73 Å². The number of carbonyl (C=O) groups excluding carboxylic acids is 1. The number of benzene rings is 1. The van der Waals surface area contributed by atoms with Crippen molar-refractivity contribution in [3.05, 3.63) is 29.8 Å². The first-order chi connectivity index (χ1) is 10.0. The topological polar surface area (TPSA) is 67.5 Å². The van der Waals surface area contributed by atoms with Crippen LogP contribution in [0, 0.1) is 0 Å². The molecule has 1 aromatic rings. The largest absolute Gasteiger partial charge is 0.379 e. The summed E-state index contributed by atoms with van der Waals surface area (Å²) >= 11 is 1.60. The van der Waals surface area contributed by atoms with Crippen molar-refractivity contribution in [2.45, 2.75) is 45.1 Å². The fourth-order valence-corrected chi connectivity index (χ4v) is 3.36. The van der Waals surface area contributed by atoms with Crippen molar-refractivity contribution in [1.29, 1.82) is 0 Å². The lowest BCUT2D eigenvalue weighted by Crippen LogP contribution is -2.28. The average Bonchev–Trinajstić information content (AvgIpc) is 2.45. The Bertz CT molecular complexity index is 544. The molecule has 114 valence electrons. The molecular weight excluding hydrogens is 282 g/mol. The molecule has 0 bridgehead atoms. The molecule has 4 nitrogen and oxygen atoms in total. The van der Waals surface area contributed by atoms with Gasteiger partial charge < -0.3 is 11.1 Å². The van der Waals surface area contributed by atoms with E-state index >= 15 is 0 Å². The zero-order valence-electron chi connectivity index (χ0n) is 12.7. The maximum atomic E-state index is 11.8. The fourth-order valence-electron chi connectivity index (χ4n) is 2.39. The van der Waals surface area contributed by atoms with Crippen molar-refractivity contribution < 1.29 is 4.79 Å². The Morgan fingerprint density at radius 2 is 2.33 bits per heavy atom. The van der Waals surface area contributed by atoms with Crippen LogP contribution in [0.3, 0.4) is 0 Å². The number of amidine groups is 1. The third-order valence-corrected chi connectivity index (χ3v) is 4.52. The summed E-state index contributed by atoms with van der Waals surface area (Å²) in [6.07, 6.45) is 3.46. The van der Waals surface area contributed by atoms with Crippen molar-refractivity contribution in [3.63, 3.8) is 0 Å². The second kappa shape index (κ2) is 6.98. The Hall–Kier alpha value is -1.49. The molecule has 1 heterocycles. The molecule has 3 N–H and O–H groups in total. The van der Waals surface area contributed by atoms with E-state index < -0.39 is 0 Å². The highest BCUT2D eigenvalue weighted by molar-refractivity contribution is 8.13. The summed E-state index contributed by atoms with van der Waals surface area (Å²) in [5.74, 6) is 1.04. The second-order valence-corrected chi connectivity index (χ2v) is 6.67. The van der Waals surface area contributed by atoms with Crippen LogP contribution in [-0.4, -0.2) is 16.8 Å². The minimum absolute atomic E-state index is 0.0707. The molecule has 1 aliphatic rings. The number of hydrogen-bond donors (Lipinski definition) is 2. The van der Waals surface area contributed by atoms with Crippen LogP contribution in [0.5, 0.6) is 0 Å². The first-order valence-corrected chi connectivity index (χ1v) is 8.40. The molecular formula is C16H23N3OS. The lowest BCUT2D eigenvalue weighted by atomic mass is 9.89. The van der Waals surface area contributed by atoms with Crippen molar-refractivity contribution in [2.24, 2.45) is 10.7 Å². The summed E-state index contributed by atoms with van der Waals surface area (Å²) in [5.41, 5.74) is 7.50. The molecule has 0 saturated heterocycles. The molecule has 0 aliphatic carbocycles. The van der Waals surface area contributed by atoms with Crippen molar-refractivity contribution in [2.75, 3.05) is 11.1 Å². The molecule has 21 heavy (non-hydrogen) atoms. The van der Waals surface area contributed by atoms with Crippen molar-refractivity contribution in [3.8, 4) is 0 Å². The zero-order chi connectivity index (χ0) is 15.3. The van der Waals surface area contributed by atoms with Gasteiger partial charge in [0.25, 0.3) is 0 Å². The number of aliphatic imine (C=N–C) groups is 1. The molecule has 5 heteroatoms. The highest BCUT2D eigenvalue weighted by Gasteiger charge is 2.29. The Morgan fingerprint density at radius 1 is 1.52 bits per heavy atom. The van der Waals surface area contributed by atoms with Crippen LogP contribution < -0.4 is 11.1 Å². The zero-order valence-corrected chi connectivity index (χ0v) is 13.5. The van der Waals surface area contributed by atoms with Crippen LogP contribution in [0.1, 0.15) is 45.1 Å². The van der Waals surface area contributed by atoms with Crippen LogP contribution in [0.4, 0.5) is 5.69 Å². The molecule has 1 unspecified atom stereocenters. The summed E-state index contributed by atoms with van der Waals surface area (Å²) in [6, 6.07) is 7.94. The van der Waals surface area contributed by atoms with Gasteiger partial charge in [-0.15, -0.1) is 0 Å². The predicted molar refractivity (Wildman–Crippen MR) is 90.6 cm³/mol. The molecule has 0 aromatic heterocycles. The molecule has 1 atom stereocenters. The van der Waals surface area contributed by atoms with Gasteiger partial charge >= 0.3 is 0 Å². The second-order valence-electron chi connectivity index (χ2n) is 5.55. The van der Waals surface area contributed by atoms with Gasteiger partial charge in [-0.1, -0.05) is 37.2 Å². The van der Waals surface area contributed by atoms with Gasteiger partial charge in [0.2, 0.25) is 5.91 Å². The first kappa shape index (κ1) is 15.9. The number of nitrogens with two attached hydrogens (primary N) is 1. The van der Waals surface area contributed by atoms with E-state index in [1.807, 2.05) is 18.2 Å². The van der Waals surface area contributed by atoms with Gasteiger partial charge in [-0.05, 0) is 37.5 Å². The summed E-state index contributed by atoms with van der Waals surface area (Å²) < 4.78 is 0. The SMILES string of the molecule is CCCCC(=O)Nc1cccc(C2(C)CCSC(N)=N2)c1. The highest BCUT2D eigenvalue weighted by atomic mass is 32.2. The minimum atomic E-state index is -0.292. The van der Waals surface area contributed by atoms with Gasteiger partial charge in [0.05, 0.1) is 5.54 Å². The smallest absolute Gasteiger partial charge is 0.224 e. The van der Waals surface area contributed by atoms with E-state index in [9.17, 15) is 4.79 Å². The van der Waals surface area contributed by atoms with E-state index in [1.165, 1.54) is 0 Å². The molecule has 0 saturated carbocycles. The number of hydrogen-bond acceptors (Lipinski definition) is 4. The normalized spacial score (nSPS) is 21.7. The average molecular weight is 305 g/mol. The fraction of sp³-hybridized carbons (Fsp3) is 0.500. The number of nitrogens with zero attached hydrogens (tertiary/aromatic N) is 1. The molecule has 1 aromatic carbocycles. The number of unbranched alkanes of at least 4 members (excludes halogenated alkanes) is 1. The van der Waals surface area contributed by atoms with E-state index in [2.05, 4.69) is 30.2 Å². The number of anilines is 1. The highest BCUT2D eigenvalue weighted by Crippen LogP contribution is 2.35. The van der Waals surface area contributed by atoms with Gasteiger partial charge in [-0.3, -0.25) is 9.79 Å². The van der Waals surface area contributed by atoms with E-state index in [1.54, 1.807) is 11.8 Å². The van der Waals surface area contributed by atoms with E-state index in [0.29, 0.717) is 11.6 Å². The lowest BCUT2D eigenvalue weighted by Gasteiger charge is -2.30. The standard InChI is InChI=1S/C16H23N3OS/c1-3-4-8-14(20)18-13-7-5-6-12(11-13)16(2)9-10-21-15(17)19-16/h5-7,11H,3-4,8-10H2,1-2H3,(H2,17,19)(H,18,20). The third kappa shape index (κ3) is 4.24. The minimum Gasteiger partial charge on any atom is -0.379 e. The Morgan fingerprint density at radius 3 is 3.05 bits per heavy atom. The molecule has 1 amide bonds. The van der Waals surface area contributed by atoms with Crippen LogP contribution in [0.25, 0.3) is 0 Å². The van der Waals surface area contributed by atoms with Gasteiger partial charge in [0, 0.05) is 17.9 Å². The predicted octanol–water partition coefficient (Wildman–Crippen LogP) is 3.48. The Kier molecular flexibility index (Phi) is 5.28. The van der Waals surface area contributed by atoms with E-state index in [0.717, 1.165) is 36.3 Å². The van der Waals surface area contributed by atoms with Gasteiger partial charge in [0.15, 0.2) is 5.17 Å². The quantitative estimate of drug-likeness (QED) is 0.875. The third-order valence-electron chi connectivity index (χ3n) is 3.72. The van der Waals surface area contributed by atoms with Crippen LogP contribution in [0.2, 0.25) is 0 Å². The number of rotatable bonds is 5. The summed E-state index contributed by atoms with van der Waals surface area (Å²) in [6.45, 7) is 4.18. The molecule has 0 spiro atoms. The van der Waals surface area contributed by atoms with Crippen molar-refractivity contribution in [1.82, 2.24) is 0 Å². The van der Waals surface area contributed by atoms with Gasteiger partial charge in [0.1, 0.15) is 0 Å². The first-order valence-electron chi connectivity index (χ1n) is 7.42. The number of nitrogens with one attached hydrogen (secondary N) is 1. The number of carbonyl (C=O) groups is 1. The number of thioether (sulfide) groups is 1. The summed E-state index contributed by atoms with van der Waals surface area (Å²) in [5, 5.41) is 3.60. The van der Waals surface area contributed by atoms with E-state index in [-0.39, 0.29) is 11.4 Å². The van der Waals surface area contributed by atoms with Gasteiger partial charge in [-0.2, -0.15) is 0 Å². The van der Waals surface area contributed by atoms with Gasteiger partial charge in [-0.25, -0.2) is 0 Å². The molecule has 1 aliphatic heterocycles. The van der Waals surface area contributed by atoms with Crippen LogP contribution in [-0.2, 0) is 10.3 Å². The lowest BCUT2D eigenvalue weighted by molar-refractivity contribution is -0.116. The maximum absolute atomic E-state index is 11.8. The van der Waals surface area contributed by atoms with Crippen LogP contribution in [0.15, 0.2) is 29.3 Å². The molecule has 0 radical (unpaired) electrons. The molecule has 2 rings (SSSR count).